The van der Waals surface area contributed by atoms with Crippen LogP contribution in [0, 0.1) is 11.6 Å². The lowest BCUT2D eigenvalue weighted by Crippen LogP contribution is -2.15. The summed E-state index contributed by atoms with van der Waals surface area (Å²) < 4.78 is 32.2. The zero-order valence-electron chi connectivity index (χ0n) is 16.6. The van der Waals surface area contributed by atoms with Crippen molar-refractivity contribution in [1.82, 2.24) is 4.98 Å². The predicted octanol–water partition coefficient (Wildman–Crippen LogP) is 3.11. The van der Waals surface area contributed by atoms with Crippen LogP contribution in [0.15, 0.2) is 54.7 Å². The summed E-state index contributed by atoms with van der Waals surface area (Å²) in [6.07, 6.45) is 1.48. The second-order valence-electron chi connectivity index (χ2n) is 6.72. The molecule has 0 saturated carbocycles. The number of carbonyl (C=O) groups is 1. The Morgan fingerprint density at radius 1 is 1.10 bits per heavy atom. The van der Waals surface area contributed by atoms with Crippen molar-refractivity contribution in [2.75, 3.05) is 23.8 Å². The molecule has 1 heterocycles. The number of nitrogens with zero attached hydrogens (tertiary/aromatic N) is 1. The van der Waals surface area contributed by atoms with Crippen LogP contribution in [0.2, 0.25) is 0 Å². The number of primary amides is 1. The van der Waals surface area contributed by atoms with Crippen molar-refractivity contribution in [1.29, 1.82) is 0 Å². The van der Waals surface area contributed by atoms with E-state index in [9.17, 15) is 13.6 Å². The molecule has 7 nitrogen and oxygen atoms in total. The molecule has 9 heteroatoms. The van der Waals surface area contributed by atoms with E-state index >= 15 is 0 Å². The highest BCUT2D eigenvalue weighted by Crippen LogP contribution is 2.24. The van der Waals surface area contributed by atoms with E-state index in [4.69, 9.17) is 15.6 Å². The molecule has 1 amide bonds. The van der Waals surface area contributed by atoms with Gasteiger partial charge in [0, 0.05) is 41.8 Å². The van der Waals surface area contributed by atoms with Gasteiger partial charge in [-0.05, 0) is 42.0 Å². The Morgan fingerprint density at radius 2 is 1.81 bits per heavy atom. The molecule has 0 bridgehead atoms. The van der Waals surface area contributed by atoms with Crippen LogP contribution in [0.3, 0.4) is 0 Å². The number of carbonyl (C=O) groups excluding carboxylic acids is 1. The third kappa shape index (κ3) is 6.65. The summed E-state index contributed by atoms with van der Waals surface area (Å²) in [7, 11) is 0. The van der Waals surface area contributed by atoms with Crippen LogP contribution in [-0.2, 0) is 17.8 Å². The van der Waals surface area contributed by atoms with Gasteiger partial charge in [-0.25, -0.2) is 13.8 Å². The Kier molecular flexibility index (Phi) is 7.34. The third-order valence-electron chi connectivity index (χ3n) is 4.24. The number of halogens is 2. The van der Waals surface area contributed by atoms with E-state index in [1.807, 2.05) is 0 Å². The van der Waals surface area contributed by atoms with Crippen molar-refractivity contribution in [2.45, 2.75) is 13.0 Å². The zero-order valence-corrected chi connectivity index (χ0v) is 16.6. The molecule has 31 heavy (non-hydrogen) atoms. The first-order chi connectivity index (χ1) is 14.9. The maximum atomic E-state index is 13.4. The maximum Gasteiger partial charge on any atom is 0.221 e. The Morgan fingerprint density at radius 3 is 2.45 bits per heavy atom. The normalized spacial score (nSPS) is 10.5. The molecular formula is C22H22F2N4O3. The first kappa shape index (κ1) is 22.0. The number of anilines is 3. The second-order valence-corrected chi connectivity index (χ2v) is 6.72. The van der Waals surface area contributed by atoms with Crippen molar-refractivity contribution in [3.63, 3.8) is 0 Å². The molecule has 0 unspecified atom stereocenters. The van der Waals surface area contributed by atoms with E-state index in [-0.39, 0.29) is 26.2 Å². The number of amides is 1. The van der Waals surface area contributed by atoms with E-state index in [0.29, 0.717) is 28.4 Å². The molecule has 0 saturated heterocycles. The van der Waals surface area contributed by atoms with Crippen LogP contribution in [-0.4, -0.2) is 29.2 Å². The smallest absolute Gasteiger partial charge is 0.221 e. The highest BCUT2D eigenvalue weighted by Gasteiger charge is 2.10. The summed E-state index contributed by atoms with van der Waals surface area (Å²) in [4.78, 5) is 15.7. The van der Waals surface area contributed by atoms with Crippen LogP contribution in [0.25, 0.3) is 0 Å². The van der Waals surface area contributed by atoms with Crippen LogP contribution in [0.4, 0.5) is 26.0 Å². The van der Waals surface area contributed by atoms with Crippen LogP contribution in [0.1, 0.15) is 11.1 Å². The summed E-state index contributed by atoms with van der Waals surface area (Å²) in [5.74, 6) is -0.754. The maximum absolute atomic E-state index is 13.4. The van der Waals surface area contributed by atoms with E-state index in [0.717, 1.165) is 11.8 Å². The fourth-order valence-electron chi connectivity index (χ4n) is 2.90. The first-order valence-electron chi connectivity index (χ1n) is 9.50. The van der Waals surface area contributed by atoms with Crippen LogP contribution < -0.4 is 21.1 Å². The Labute approximate surface area is 177 Å². The van der Waals surface area contributed by atoms with Gasteiger partial charge in [0.1, 0.15) is 29.8 Å². The van der Waals surface area contributed by atoms with Gasteiger partial charge in [0.05, 0.1) is 13.0 Å². The number of benzene rings is 2. The third-order valence-corrected chi connectivity index (χ3v) is 4.24. The van der Waals surface area contributed by atoms with Gasteiger partial charge in [0.25, 0.3) is 0 Å². The average molecular weight is 428 g/mol. The number of nitrogens with one attached hydrogen (secondary N) is 2. The van der Waals surface area contributed by atoms with Crippen molar-refractivity contribution >= 4 is 23.1 Å². The van der Waals surface area contributed by atoms with E-state index in [1.54, 1.807) is 30.3 Å². The number of hydrogen-bond acceptors (Lipinski definition) is 6. The van der Waals surface area contributed by atoms with Gasteiger partial charge < -0.3 is 26.2 Å². The SMILES string of the molecule is NC(=O)Cc1cnc(Nc2ccc(OCCO)cc2)cc1NCc1cc(F)cc(F)c1. The van der Waals surface area contributed by atoms with E-state index in [2.05, 4.69) is 15.6 Å². The van der Waals surface area contributed by atoms with Gasteiger partial charge in [-0.3, -0.25) is 4.79 Å². The summed E-state index contributed by atoms with van der Waals surface area (Å²) in [5, 5.41) is 15.0. The van der Waals surface area contributed by atoms with Crippen LogP contribution in [0.5, 0.6) is 5.75 Å². The van der Waals surface area contributed by atoms with E-state index < -0.39 is 17.5 Å². The molecule has 1 aromatic heterocycles. The molecule has 0 fully saturated rings. The molecule has 3 rings (SSSR count). The van der Waals surface area contributed by atoms with Crippen molar-refractivity contribution in [3.05, 3.63) is 77.5 Å². The Hall–Kier alpha value is -3.72. The minimum atomic E-state index is -0.669. The molecule has 0 radical (unpaired) electrons. The van der Waals surface area contributed by atoms with Gasteiger partial charge in [-0.2, -0.15) is 0 Å². The minimum absolute atomic E-state index is 0.0377. The standard InChI is InChI=1S/C22H22F2N4O3/c23-16-7-14(8-17(24)10-16)12-26-20-11-22(27-13-15(20)9-21(25)30)28-18-1-3-19(4-2-18)31-6-5-29/h1-4,7-8,10-11,13,29H,5-6,9,12H2,(H2,25,30)(H2,26,27,28). The lowest BCUT2D eigenvalue weighted by Gasteiger charge is -2.14. The number of nitrogens with two attached hydrogens (primary N) is 1. The highest BCUT2D eigenvalue weighted by molar-refractivity contribution is 5.79. The van der Waals surface area contributed by atoms with Gasteiger partial charge >= 0.3 is 0 Å². The number of pyridine rings is 1. The molecule has 0 aliphatic rings. The number of aromatic nitrogens is 1. The van der Waals surface area contributed by atoms with Gasteiger partial charge in [-0.15, -0.1) is 0 Å². The Bertz CT molecular complexity index is 1030. The number of aliphatic hydroxyl groups excluding tert-OH is 1. The quantitative estimate of drug-likeness (QED) is 0.395. The number of ether oxygens (including phenoxy) is 1. The van der Waals surface area contributed by atoms with E-state index in [1.165, 1.54) is 18.3 Å². The van der Waals surface area contributed by atoms with Crippen molar-refractivity contribution < 1.29 is 23.4 Å². The summed E-state index contributed by atoms with van der Waals surface area (Å²) in [6.45, 7) is 0.278. The molecule has 162 valence electrons. The minimum Gasteiger partial charge on any atom is -0.491 e. The molecule has 5 N–H and O–H groups in total. The summed E-state index contributed by atoms with van der Waals surface area (Å²) in [6, 6.07) is 12.0. The van der Waals surface area contributed by atoms with Crippen molar-refractivity contribution in [2.24, 2.45) is 5.73 Å². The average Bonchev–Trinajstić information content (AvgIpc) is 2.72. The monoisotopic (exact) mass is 428 g/mol. The lowest BCUT2D eigenvalue weighted by molar-refractivity contribution is -0.117. The topological polar surface area (TPSA) is 110 Å². The largest absolute Gasteiger partial charge is 0.491 e. The first-order valence-corrected chi connectivity index (χ1v) is 9.50. The van der Waals surface area contributed by atoms with Gasteiger partial charge in [0.2, 0.25) is 5.91 Å². The highest BCUT2D eigenvalue weighted by atomic mass is 19.1. The Balaban J connectivity index is 1.76. The zero-order chi connectivity index (χ0) is 22.2. The second kappa shape index (κ2) is 10.4. The molecule has 0 atom stereocenters. The number of rotatable bonds is 10. The lowest BCUT2D eigenvalue weighted by atomic mass is 10.1. The number of aliphatic hydroxyl groups is 1. The van der Waals surface area contributed by atoms with Crippen LogP contribution >= 0.6 is 0 Å². The molecule has 0 aliphatic carbocycles. The van der Waals surface area contributed by atoms with Gasteiger partial charge in [0.15, 0.2) is 0 Å². The predicted molar refractivity (Wildman–Crippen MR) is 113 cm³/mol. The summed E-state index contributed by atoms with van der Waals surface area (Å²) >= 11 is 0. The van der Waals surface area contributed by atoms with Crippen molar-refractivity contribution in [3.8, 4) is 5.75 Å². The number of hydrogen-bond donors (Lipinski definition) is 4. The molecular weight excluding hydrogens is 406 g/mol. The molecule has 0 aliphatic heterocycles. The molecule has 3 aromatic rings. The summed E-state index contributed by atoms with van der Waals surface area (Å²) in [5.41, 5.74) is 7.58. The fourth-order valence-corrected chi connectivity index (χ4v) is 2.90. The molecule has 2 aromatic carbocycles. The van der Waals surface area contributed by atoms with Gasteiger partial charge in [-0.1, -0.05) is 0 Å². The fraction of sp³-hybridized carbons (Fsp3) is 0.182. The molecule has 0 spiro atoms.